The quantitative estimate of drug-likeness (QED) is 0.815. The molecule has 0 fully saturated rings. The summed E-state index contributed by atoms with van der Waals surface area (Å²) in [6.07, 6.45) is 0. The van der Waals surface area contributed by atoms with Crippen molar-refractivity contribution in [2.75, 3.05) is 11.9 Å². The first-order valence-corrected chi connectivity index (χ1v) is 8.24. The number of halogens is 3. The molecule has 126 valence electrons. The van der Waals surface area contributed by atoms with Crippen LogP contribution >= 0.6 is 34.8 Å². The third kappa shape index (κ3) is 5.13. The molecule has 0 radical (unpaired) electrons. The maximum Gasteiger partial charge on any atom is 0.244 e. The van der Waals surface area contributed by atoms with Gasteiger partial charge in [-0.3, -0.25) is 9.59 Å². The Hall–Kier alpha value is -1.75. The Balaban J connectivity index is 2.04. The van der Waals surface area contributed by atoms with E-state index in [0.29, 0.717) is 20.8 Å². The van der Waals surface area contributed by atoms with Gasteiger partial charge in [0.1, 0.15) is 6.54 Å². The largest absolute Gasteiger partial charge is 0.329 e. The second-order valence-corrected chi connectivity index (χ2v) is 6.37. The molecule has 0 saturated carbocycles. The van der Waals surface area contributed by atoms with Gasteiger partial charge in [-0.05, 0) is 29.8 Å². The van der Waals surface area contributed by atoms with Gasteiger partial charge in [-0.15, -0.1) is 0 Å². The molecule has 2 amide bonds. The minimum absolute atomic E-state index is 0.0964. The fourth-order valence-electron chi connectivity index (χ4n) is 2.06. The highest BCUT2D eigenvalue weighted by Gasteiger charge is 2.16. The maximum absolute atomic E-state index is 12.2. The molecular weight excluding hydrogens is 371 g/mol. The van der Waals surface area contributed by atoms with Crippen LogP contribution < -0.4 is 5.32 Å². The SMILES string of the molecule is CC(=O)N(CC(=O)Nc1ccc(Cl)c(Cl)c1)Cc1ccccc1Cl. The zero-order valence-electron chi connectivity index (χ0n) is 12.9. The van der Waals surface area contributed by atoms with Crippen molar-refractivity contribution in [2.45, 2.75) is 13.5 Å². The highest BCUT2D eigenvalue weighted by atomic mass is 35.5. The lowest BCUT2D eigenvalue weighted by Gasteiger charge is -2.21. The second kappa shape index (κ2) is 8.38. The van der Waals surface area contributed by atoms with Crippen molar-refractivity contribution in [3.8, 4) is 0 Å². The predicted molar refractivity (Wildman–Crippen MR) is 97.6 cm³/mol. The molecule has 1 N–H and O–H groups in total. The van der Waals surface area contributed by atoms with Gasteiger partial charge in [0.15, 0.2) is 0 Å². The monoisotopic (exact) mass is 384 g/mol. The molecule has 7 heteroatoms. The Labute approximate surface area is 155 Å². The number of carbonyl (C=O) groups excluding carboxylic acids is 2. The zero-order chi connectivity index (χ0) is 17.7. The Morgan fingerprint density at radius 1 is 1.00 bits per heavy atom. The molecule has 0 bridgehead atoms. The predicted octanol–water partition coefficient (Wildman–Crippen LogP) is 4.63. The van der Waals surface area contributed by atoms with Crippen molar-refractivity contribution < 1.29 is 9.59 Å². The van der Waals surface area contributed by atoms with E-state index in [1.54, 1.807) is 30.3 Å². The first-order valence-electron chi connectivity index (χ1n) is 7.10. The van der Waals surface area contributed by atoms with Gasteiger partial charge < -0.3 is 10.2 Å². The Kier molecular flexibility index (Phi) is 6.49. The van der Waals surface area contributed by atoms with Crippen LogP contribution in [-0.4, -0.2) is 23.3 Å². The van der Waals surface area contributed by atoms with Gasteiger partial charge in [-0.25, -0.2) is 0 Å². The normalized spacial score (nSPS) is 10.3. The minimum atomic E-state index is -0.337. The van der Waals surface area contributed by atoms with Crippen LogP contribution in [-0.2, 0) is 16.1 Å². The van der Waals surface area contributed by atoms with Crippen molar-refractivity contribution in [3.63, 3.8) is 0 Å². The van der Waals surface area contributed by atoms with Gasteiger partial charge in [0.05, 0.1) is 10.0 Å². The van der Waals surface area contributed by atoms with E-state index in [1.807, 2.05) is 12.1 Å². The summed E-state index contributed by atoms with van der Waals surface area (Å²) >= 11 is 17.9. The smallest absolute Gasteiger partial charge is 0.244 e. The van der Waals surface area contributed by atoms with E-state index in [1.165, 1.54) is 11.8 Å². The molecule has 0 aliphatic heterocycles. The van der Waals surface area contributed by atoms with Crippen LogP contribution in [0.3, 0.4) is 0 Å². The second-order valence-electron chi connectivity index (χ2n) is 5.14. The summed E-state index contributed by atoms with van der Waals surface area (Å²) < 4.78 is 0. The van der Waals surface area contributed by atoms with Crippen molar-refractivity contribution >= 4 is 52.3 Å². The Morgan fingerprint density at radius 3 is 2.33 bits per heavy atom. The Bertz CT molecular complexity index is 765. The lowest BCUT2D eigenvalue weighted by atomic mass is 10.2. The van der Waals surface area contributed by atoms with E-state index in [9.17, 15) is 9.59 Å². The summed E-state index contributed by atoms with van der Waals surface area (Å²) in [5, 5.41) is 3.98. The first kappa shape index (κ1) is 18.6. The molecule has 0 atom stereocenters. The van der Waals surface area contributed by atoms with Crippen LogP contribution in [0.4, 0.5) is 5.69 Å². The summed E-state index contributed by atoms with van der Waals surface area (Å²) in [5.74, 6) is -0.560. The Morgan fingerprint density at radius 2 is 1.71 bits per heavy atom. The average molecular weight is 386 g/mol. The molecule has 4 nitrogen and oxygen atoms in total. The molecule has 0 aliphatic rings. The molecule has 2 rings (SSSR count). The van der Waals surface area contributed by atoms with Crippen molar-refractivity contribution in [2.24, 2.45) is 0 Å². The van der Waals surface area contributed by atoms with Crippen molar-refractivity contribution in [3.05, 3.63) is 63.1 Å². The maximum atomic E-state index is 12.2. The molecule has 24 heavy (non-hydrogen) atoms. The van der Waals surface area contributed by atoms with Gasteiger partial charge in [0, 0.05) is 24.2 Å². The highest BCUT2D eigenvalue weighted by molar-refractivity contribution is 6.42. The molecule has 0 aliphatic carbocycles. The molecule has 0 spiro atoms. The first-order chi connectivity index (χ1) is 11.4. The highest BCUT2D eigenvalue weighted by Crippen LogP contribution is 2.25. The van der Waals surface area contributed by atoms with Gasteiger partial charge in [0.2, 0.25) is 11.8 Å². The van der Waals surface area contributed by atoms with Crippen LogP contribution in [0.25, 0.3) is 0 Å². The van der Waals surface area contributed by atoms with Gasteiger partial charge in [-0.1, -0.05) is 53.0 Å². The van der Waals surface area contributed by atoms with Crippen LogP contribution in [0.5, 0.6) is 0 Å². The molecule has 0 heterocycles. The van der Waals surface area contributed by atoms with Gasteiger partial charge in [-0.2, -0.15) is 0 Å². The number of anilines is 1. The summed E-state index contributed by atoms with van der Waals surface area (Å²) in [4.78, 5) is 25.4. The van der Waals surface area contributed by atoms with Crippen LogP contribution in [0.2, 0.25) is 15.1 Å². The molecule has 2 aromatic rings. The third-order valence-corrected chi connectivity index (χ3v) is 4.41. The minimum Gasteiger partial charge on any atom is -0.329 e. The lowest BCUT2D eigenvalue weighted by molar-refractivity contribution is -0.133. The summed E-state index contributed by atoms with van der Waals surface area (Å²) in [7, 11) is 0. The summed E-state index contributed by atoms with van der Waals surface area (Å²) in [6.45, 7) is 1.56. The van der Waals surface area contributed by atoms with E-state index in [4.69, 9.17) is 34.8 Å². The number of nitrogens with one attached hydrogen (secondary N) is 1. The average Bonchev–Trinajstić information content (AvgIpc) is 2.52. The summed E-state index contributed by atoms with van der Waals surface area (Å²) in [5.41, 5.74) is 1.28. The van der Waals surface area contributed by atoms with E-state index < -0.39 is 0 Å². The van der Waals surface area contributed by atoms with E-state index in [2.05, 4.69) is 5.32 Å². The number of hydrogen-bond donors (Lipinski definition) is 1. The number of amides is 2. The molecule has 0 saturated heterocycles. The lowest BCUT2D eigenvalue weighted by Crippen LogP contribution is -2.36. The molecule has 0 aromatic heterocycles. The topological polar surface area (TPSA) is 49.4 Å². The van der Waals surface area contributed by atoms with Crippen molar-refractivity contribution in [1.82, 2.24) is 4.90 Å². The van der Waals surface area contributed by atoms with Gasteiger partial charge in [0.25, 0.3) is 0 Å². The van der Waals surface area contributed by atoms with Gasteiger partial charge >= 0.3 is 0 Å². The van der Waals surface area contributed by atoms with E-state index in [-0.39, 0.29) is 24.9 Å². The van der Waals surface area contributed by atoms with Crippen molar-refractivity contribution in [1.29, 1.82) is 0 Å². The summed E-state index contributed by atoms with van der Waals surface area (Å²) in [6, 6.07) is 12.0. The fraction of sp³-hybridized carbons (Fsp3) is 0.176. The fourth-order valence-corrected chi connectivity index (χ4v) is 2.55. The van der Waals surface area contributed by atoms with Crippen LogP contribution in [0.1, 0.15) is 12.5 Å². The number of rotatable bonds is 5. The van der Waals surface area contributed by atoms with Crippen LogP contribution in [0.15, 0.2) is 42.5 Å². The molecule has 0 unspecified atom stereocenters. The number of carbonyl (C=O) groups is 2. The number of hydrogen-bond acceptors (Lipinski definition) is 2. The third-order valence-electron chi connectivity index (χ3n) is 3.30. The standard InChI is InChI=1S/C17H15Cl3N2O2/c1-11(23)22(9-12-4-2-3-5-14(12)18)10-17(24)21-13-6-7-15(19)16(20)8-13/h2-8H,9-10H2,1H3,(H,21,24). The van der Waals surface area contributed by atoms with E-state index >= 15 is 0 Å². The molecular formula is C17H15Cl3N2O2. The number of benzene rings is 2. The van der Waals surface area contributed by atoms with Crippen LogP contribution in [0, 0.1) is 0 Å². The molecule has 2 aromatic carbocycles. The van der Waals surface area contributed by atoms with E-state index in [0.717, 1.165) is 5.56 Å². The zero-order valence-corrected chi connectivity index (χ0v) is 15.1. The number of nitrogens with zero attached hydrogens (tertiary/aromatic N) is 1.